The van der Waals surface area contributed by atoms with E-state index < -0.39 is 43.5 Å². The van der Waals surface area contributed by atoms with E-state index >= 15 is 0 Å². The second-order valence-corrected chi connectivity index (χ2v) is 11.6. The molecule has 14 nitrogen and oxygen atoms in total. The average Bonchev–Trinajstić information content (AvgIpc) is 3.44. The molecule has 1 aromatic heterocycles. The molecule has 2 aliphatic rings. The van der Waals surface area contributed by atoms with Gasteiger partial charge in [0.05, 0.1) is 17.8 Å². The first-order valence-corrected chi connectivity index (χ1v) is 14.8. The molecule has 16 heteroatoms. The van der Waals surface area contributed by atoms with Crippen molar-refractivity contribution in [1.29, 1.82) is 0 Å². The molecular weight excluding hydrogens is 562 g/mol. The number of benzene rings is 1. The Labute approximate surface area is 235 Å². The first-order chi connectivity index (χ1) is 19.4. The summed E-state index contributed by atoms with van der Waals surface area (Å²) >= 11 is 0. The van der Waals surface area contributed by atoms with Gasteiger partial charge in [0, 0.05) is 52.4 Å². The fourth-order valence-corrected chi connectivity index (χ4v) is 5.32. The molecule has 3 heterocycles. The predicted molar refractivity (Wildman–Crippen MR) is 144 cm³/mol. The maximum absolute atomic E-state index is 14.7. The number of hydrogen-bond acceptors (Lipinski definition) is 8. The van der Waals surface area contributed by atoms with Gasteiger partial charge in [0.1, 0.15) is 23.4 Å². The van der Waals surface area contributed by atoms with Gasteiger partial charge in [0.15, 0.2) is 5.82 Å². The van der Waals surface area contributed by atoms with Crippen LogP contribution in [0.25, 0.3) is 11.4 Å². The lowest BCUT2D eigenvalue weighted by atomic mass is 10.1. The minimum atomic E-state index is -4.52. The summed E-state index contributed by atoms with van der Waals surface area (Å²) in [5.41, 5.74) is -0.102. The third-order valence-electron chi connectivity index (χ3n) is 7.04. The molecule has 222 valence electrons. The van der Waals surface area contributed by atoms with Gasteiger partial charge in [0.25, 0.3) is 5.91 Å². The van der Waals surface area contributed by atoms with Gasteiger partial charge < -0.3 is 39.6 Å². The summed E-state index contributed by atoms with van der Waals surface area (Å²) in [6, 6.07) is 5.91. The molecule has 2 fully saturated rings. The van der Waals surface area contributed by atoms with E-state index in [1.807, 2.05) is 4.90 Å². The number of ether oxygens (including phenoxy) is 1. The Morgan fingerprint density at radius 3 is 2.41 bits per heavy atom. The van der Waals surface area contributed by atoms with Crippen LogP contribution in [-0.4, -0.2) is 117 Å². The molecule has 2 saturated heterocycles. The van der Waals surface area contributed by atoms with Crippen LogP contribution in [-0.2, 0) is 14.1 Å². The van der Waals surface area contributed by atoms with E-state index in [9.17, 15) is 38.2 Å². The largest absolute Gasteiger partial charge is 0.465 e. The van der Waals surface area contributed by atoms with Crippen molar-refractivity contribution < 1.29 is 43.0 Å². The SMILES string of the molecule is CO[C@H]1CCN(c2cc(C(=O)N[C@@H](CCP(=O)(O)O)C(=O)N3CCN(C(=O)O)CC3)nc(-c3ccccc3F)n2)C1. The first kappa shape index (κ1) is 30.3. The molecule has 0 saturated carbocycles. The molecule has 0 unspecified atom stereocenters. The van der Waals surface area contributed by atoms with Crippen LogP contribution in [0, 0.1) is 5.82 Å². The van der Waals surface area contributed by atoms with Crippen molar-refractivity contribution in [2.75, 3.05) is 57.4 Å². The van der Waals surface area contributed by atoms with Crippen molar-refractivity contribution in [3.8, 4) is 11.4 Å². The summed E-state index contributed by atoms with van der Waals surface area (Å²) < 4.78 is 31.7. The second-order valence-electron chi connectivity index (χ2n) is 9.81. The molecule has 4 rings (SSSR count). The number of rotatable bonds is 9. The van der Waals surface area contributed by atoms with Gasteiger partial charge >= 0.3 is 13.7 Å². The summed E-state index contributed by atoms with van der Waals surface area (Å²) in [5.74, 6) is -1.72. The van der Waals surface area contributed by atoms with Crippen LogP contribution >= 0.6 is 7.60 Å². The number of hydrogen-bond donors (Lipinski definition) is 4. The lowest BCUT2D eigenvalue weighted by molar-refractivity contribution is -0.134. The van der Waals surface area contributed by atoms with Gasteiger partial charge in [-0.2, -0.15) is 0 Å². The maximum atomic E-state index is 14.7. The van der Waals surface area contributed by atoms with E-state index in [1.165, 1.54) is 29.2 Å². The standard InChI is InChI=1S/C25H32FN6O8P/c1-40-16-6-8-32(15-16)21-14-20(27-22(29-21)17-4-2-3-5-18(17)26)23(33)28-19(7-13-41(37,38)39)24(34)30-9-11-31(12-10-30)25(35)36/h2-5,14,16,19H,6-13,15H2,1H3,(H,28,33)(H,35,36)(H2,37,38,39)/t16-,19-/m0/s1. The molecule has 0 radical (unpaired) electrons. The van der Waals surface area contributed by atoms with E-state index in [2.05, 4.69) is 15.3 Å². The summed E-state index contributed by atoms with van der Waals surface area (Å²) in [4.78, 5) is 70.0. The van der Waals surface area contributed by atoms with Gasteiger partial charge in [-0.1, -0.05) is 12.1 Å². The molecule has 4 N–H and O–H groups in total. The fourth-order valence-electron chi connectivity index (χ4n) is 4.73. The van der Waals surface area contributed by atoms with Crippen LogP contribution in [0.2, 0.25) is 0 Å². The number of anilines is 1. The lowest BCUT2D eigenvalue weighted by Gasteiger charge is -2.35. The van der Waals surface area contributed by atoms with Gasteiger partial charge in [-0.25, -0.2) is 19.2 Å². The summed E-state index contributed by atoms with van der Waals surface area (Å²) in [5, 5.41) is 11.7. The molecule has 41 heavy (non-hydrogen) atoms. The minimum Gasteiger partial charge on any atom is -0.465 e. The molecule has 0 aliphatic carbocycles. The molecular formula is C25H32FN6O8P. The normalized spacial score (nSPS) is 18.3. The minimum absolute atomic E-state index is 0.0468. The Balaban J connectivity index is 1.62. The van der Waals surface area contributed by atoms with Crippen molar-refractivity contribution >= 4 is 31.3 Å². The topological polar surface area (TPSA) is 186 Å². The summed E-state index contributed by atoms with van der Waals surface area (Å²) in [7, 11) is -2.92. The van der Waals surface area contributed by atoms with Crippen molar-refractivity contribution in [3.05, 3.63) is 41.8 Å². The molecule has 2 aliphatic heterocycles. The highest BCUT2D eigenvalue weighted by atomic mass is 31.2. The van der Waals surface area contributed by atoms with Crippen molar-refractivity contribution in [2.45, 2.75) is 25.0 Å². The molecule has 1 aromatic carbocycles. The summed E-state index contributed by atoms with van der Waals surface area (Å²) in [6.07, 6.45) is -1.50. The fraction of sp³-hybridized carbons (Fsp3) is 0.480. The molecule has 2 aromatic rings. The maximum Gasteiger partial charge on any atom is 0.407 e. The van der Waals surface area contributed by atoms with Gasteiger partial charge in [-0.15, -0.1) is 0 Å². The van der Waals surface area contributed by atoms with Gasteiger partial charge in [-0.05, 0) is 25.0 Å². The third-order valence-corrected chi connectivity index (χ3v) is 7.88. The van der Waals surface area contributed by atoms with E-state index in [4.69, 9.17) is 4.74 Å². The number of nitrogens with one attached hydrogen (secondary N) is 1. The predicted octanol–water partition coefficient (Wildman–Crippen LogP) is 0.996. The second kappa shape index (κ2) is 12.9. The van der Waals surface area contributed by atoms with Crippen LogP contribution in [0.4, 0.5) is 15.0 Å². The summed E-state index contributed by atoms with van der Waals surface area (Å²) in [6.45, 7) is 1.27. The van der Waals surface area contributed by atoms with Crippen LogP contribution < -0.4 is 10.2 Å². The van der Waals surface area contributed by atoms with E-state index in [0.29, 0.717) is 25.3 Å². The van der Waals surface area contributed by atoms with Crippen molar-refractivity contribution in [3.63, 3.8) is 0 Å². The quantitative estimate of drug-likeness (QED) is 0.304. The zero-order valence-electron chi connectivity index (χ0n) is 22.3. The van der Waals surface area contributed by atoms with Crippen molar-refractivity contribution in [1.82, 2.24) is 25.1 Å². The number of carboxylic acid groups (broad SMARTS) is 1. The number of carbonyl (C=O) groups is 3. The molecule has 0 bridgehead atoms. The van der Waals surface area contributed by atoms with Crippen LogP contribution in [0.3, 0.4) is 0 Å². The number of halogens is 1. The number of piperazine rings is 1. The highest BCUT2D eigenvalue weighted by Crippen LogP contribution is 2.35. The number of carbonyl (C=O) groups excluding carboxylic acids is 2. The third kappa shape index (κ3) is 7.76. The van der Waals surface area contributed by atoms with E-state index in [-0.39, 0.29) is 55.8 Å². The Bertz CT molecular complexity index is 1330. The first-order valence-electron chi connectivity index (χ1n) is 13.0. The highest BCUT2D eigenvalue weighted by molar-refractivity contribution is 7.51. The highest BCUT2D eigenvalue weighted by Gasteiger charge is 2.32. The number of amides is 3. The monoisotopic (exact) mass is 594 g/mol. The Hall–Kier alpha value is -3.65. The zero-order valence-corrected chi connectivity index (χ0v) is 23.2. The number of nitrogens with zero attached hydrogens (tertiary/aromatic N) is 5. The van der Waals surface area contributed by atoms with E-state index in [0.717, 1.165) is 4.90 Å². The molecule has 3 amide bonds. The van der Waals surface area contributed by atoms with Crippen molar-refractivity contribution in [2.24, 2.45) is 0 Å². The van der Waals surface area contributed by atoms with Gasteiger partial charge in [0.2, 0.25) is 5.91 Å². The molecule has 0 spiro atoms. The Morgan fingerprint density at radius 1 is 1.12 bits per heavy atom. The average molecular weight is 595 g/mol. The Kier molecular flexibility index (Phi) is 9.53. The van der Waals surface area contributed by atoms with Crippen LogP contribution in [0.15, 0.2) is 30.3 Å². The smallest absolute Gasteiger partial charge is 0.407 e. The van der Waals surface area contributed by atoms with Gasteiger partial charge in [-0.3, -0.25) is 14.2 Å². The number of methoxy groups -OCH3 is 1. The van der Waals surface area contributed by atoms with E-state index in [1.54, 1.807) is 13.2 Å². The number of aromatic nitrogens is 2. The molecule has 2 atom stereocenters. The van der Waals surface area contributed by atoms with Crippen LogP contribution in [0.1, 0.15) is 23.3 Å². The zero-order chi connectivity index (χ0) is 29.7. The lowest BCUT2D eigenvalue weighted by Crippen LogP contribution is -2.56. The van der Waals surface area contributed by atoms with Crippen LogP contribution in [0.5, 0.6) is 0 Å². The Morgan fingerprint density at radius 2 is 1.80 bits per heavy atom.